The Labute approximate surface area is 74.2 Å². The Kier molecular flexibility index (Phi) is 2.41. The van der Waals surface area contributed by atoms with E-state index in [9.17, 15) is 14.7 Å². The highest BCUT2D eigenvalue weighted by Gasteiger charge is 2.05. The van der Waals surface area contributed by atoms with E-state index >= 15 is 0 Å². The molecule has 0 unspecified atom stereocenters. The number of aliphatic carboxylic acids is 1. The summed E-state index contributed by atoms with van der Waals surface area (Å²) in [5, 5.41) is 10.1. The third-order valence-electron chi connectivity index (χ3n) is 1.44. The zero-order chi connectivity index (χ0) is 9.84. The molecule has 0 saturated carbocycles. The third-order valence-corrected chi connectivity index (χ3v) is 1.44. The number of carboxylic acids is 1. The van der Waals surface area contributed by atoms with Crippen molar-refractivity contribution in [2.75, 3.05) is 0 Å². The smallest absolute Gasteiger partial charge is 0.208 e. The number of nitrogens with zero attached hydrogens (tertiary/aromatic N) is 1. The molecule has 0 fully saturated rings. The maximum Gasteiger partial charge on any atom is 0.208 e. The highest BCUT2D eigenvalue weighted by atomic mass is 16.4. The topological polar surface area (TPSA) is 61.6 Å². The van der Waals surface area contributed by atoms with Crippen molar-refractivity contribution in [1.82, 2.24) is 0 Å². The van der Waals surface area contributed by atoms with Crippen molar-refractivity contribution in [2.24, 2.45) is 0 Å². The molecule has 1 rings (SSSR count). The van der Waals surface area contributed by atoms with Gasteiger partial charge in [-0.05, 0) is 0 Å². The van der Waals surface area contributed by atoms with Crippen molar-refractivity contribution >= 4 is 17.4 Å². The van der Waals surface area contributed by atoms with Crippen molar-refractivity contribution < 1.29 is 14.7 Å². The molecular formula is C9H4NO3-. The third kappa shape index (κ3) is 1.91. The molecule has 0 N–H and O–H groups in total. The van der Waals surface area contributed by atoms with Crippen LogP contribution in [0.3, 0.4) is 0 Å². The minimum absolute atomic E-state index is 0.0207. The lowest BCUT2D eigenvalue weighted by Crippen LogP contribution is -2.31. The lowest BCUT2D eigenvalue weighted by molar-refractivity contribution is -0.296. The van der Waals surface area contributed by atoms with Gasteiger partial charge in [0, 0.05) is 5.56 Å². The predicted octanol–water partition coefficient (Wildman–Crippen LogP) is 0.170. The summed E-state index contributed by atoms with van der Waals surface area (Å²) in [7, 11) is 0. The Balaban J connectivity index is 3.01. The molecule has 0 saturated heterocycles. The fraction of sp³-hybridized carbons (Fsp3) is 0. The van der Waals surface area contributed by atoms with Crippen LogP contribution in [0.25, 0.3) is 4.85 Å². The Hall–Kier alpha value is -2.15. The summed E-state index contributed by atoms with van der Waals surface area (Å²) in [5.41, 5.74) is 0.377. The molecule has 0 aliphatic rings. The average Bonchev–Trinajstić information content (AvgIpc) is 2.17. The molecule has 0 bridgehead atoms. The lowest BCUT2D eigenvalue weighted by Gasteiger charge is -2.00. The Bertz CT molecular complexity index is 386. The minimum atomic E-state index is -1.74. The monoisotopic (exact) mass is 174 g/mol. The van der Waals surface area contributed by atoms with Gasteiger partial charge in [0.05, 0.1) is 6.57 Å². The molecule has 1 aromatic carbocycles. The first-order chi connectivity index (χ1) is 6.15. The molecule has 0 amide bonds. The quantitative estimate of drug-likeness (QED) is 0.364. The first-order valence-electron chi connectivity index (χ1n) is 3.38. The number of Topliss-reactive ketones (excluding diaryl/α,β-unsaturated/α-hetero) is 1. The van der Waals surface area contributed by atoms with Crippen LogP contribution in [0.4, 0.5) is 5.69 Å². The van der Waals surface area contributed by atoms with Crippen LogP contribution >= 0.6 is 0 Å². The summed E-state index contributed by atoms with van der Waals surface area (Å²) < 4.78 is 0. The van der Waals surface area contributed by atoms with E-state index in [0.717, 1.165) is 0 Å². The zero-order valence-electron chi connectivity index (χ0n) is 6.48. The van der Waals surface area contributed by atoms with Crippen LogP contribution in [0.15, 0.2) is 24.3 Å². The van der Waals surface area contributed by atoms with Gasteiger partial charge in [-0.3, -0.25) is 4.79 Å². The molecule has 0 aliphatic carbocycles. The first-order valence-corrected chi connectivity index (χ1v) is 3.38. The van der Waals surface area contributed by atoms with E-state index in [1.165, 1.54) is 24.3 Å². The molecule has 4 nitrogen and oxygen atoms in total. The standard InChI is InChI=1S/C9H5NO3/c1-10-7-4-2-6(3-5-7)8(11)9(12)13/h2-5H,(H,12,13)/p-1. The van der Waals surface area contributed by atoms with Gasteiger partial charge in [0.2, 0.25) is 5.78 Å². The van der Waals surface area contributed by atoms with E-state index in [1.54, 1.807) is 0 Å². The summed E-state index contributed by atoms with van der Waals surface area (Å²) >= 11 is 0. The van der Waals surface area contributed by atoms with Gasteiger partial charge < -0.3 is 9.90 Å². The molecule has 64 valence electrons. The van der Waals surface area contributed by atoms with Crippen molar-refractivity contribution in [3.63, 3.8) is 0 Å². The molecule has 13 heavy (non-hydrogen) atoms. The summed E-state index contributed by atoms with van der Waals surface area (Å²) in [6.45, 7) is 6.62. The SMILES string of the molecule is [C-]#[N+]c1ccc(C(=O)C(=O)[O-])cc1. The summed E-state index contributed by atoms with van der Waals surface area (Å²) in [4.78, 5) is 24.0. The van der Waals surface area contributed by atoms with Crippen LogP contribution in [0.1, 0.15) is 10.4 Å². The number of carboxylic acid groups (broad SMARTS) is 1. The molecule has 0 heterocycles. The van der Waals surface area contributed by atoms with E-state index in [1.807, 2.05) is 0 Å². The number of carbonyl (C=O) groups is 2. The van der Waals surface area contributed by atoms with Crippen LogP contribution in [0.2, 0.25) is 0 Å². The van der Waals surface area contributed by atoms with Gasteiger partial charge in [0.1, 0.15) is 5.97 Å². The number of carbonyl (C=O) groups excluding carboxylic acids is 2. The number of ketones is 1. The molecule has 0 spiro atoms. The van der Waals surface area contributed by atoms with Crippen LogP contribution in [-0.2, 0) is 4.79 Å². The van der Waals surface area contributed by atoms with E-state index in [0.29, 0.717) is 5.69 Å². The van der Waals surface area contributed by atoms with E-state index in [2.05, 4.69) is 4.85 Å². The summed E-state index contributed by atoms with van der Waals surface area (Å²) in [6, 6.07) is 5.32. The normalized spacial score (nSPS) is 8.85. The molecule has 1 aromatic rings. The van der Waals surface area contributed by atoms with Crippen LogP contribution in [0.5, 0.6) is 0 Å². The van der Waals surface area contributed by atoms with Crippen molar-refractivity contribution in [3.05, 3.63) is 41.2 Å². The zero-order valence-corrected chi connectivity index (χ0v) is 6.48. The van der Waals surface area contributed by atoms with Crippen molar-refractivity contribution in [1.29, 1.82) is 0 Å². The maximum absolute atomic E-state index is 10.8. The number of hydrogen-bond donors (Lipinski definition) is 0. The second-order valence-electron chi connectivity index (χ2n) is 2.28. The van der Waals surface area contributed by atoms with Crippen LogP contribution < -0.4 is 5.11 Å². The number of benzene rings is 1. The molecule has 4 heteroatoms. The Morgan fingerprint density at radius 1 is 1.23 bits per heavy atom. The Morgan fingerprint density at radius 2 is 1.77 bits per heavy atom. The minimum Gasteiger partial charge on any atom is -0.541 e. The molecule has 0 aliphatic heterocycles. The average molecular weight is 174 g/mol. The number of hydrogen-bond acceptors (Lipinski definition) is 3. The largest absolute Gasteiger partial charge is 0.541 e. The van der Waals surface area contributed by atoms with Gasteiger partial charge >= 0.3 is 0 Å². The first kappa shape index (κ1) is 8.94. The summed E-state index contributed by atoms with van der Waals surface area (Å²) in [6.07, 6.45) is 0. The van der Waals surface area contributed by atoms with Gasteiger partial charge in [-0.1, -0.05) is 24.3 Å². The van der Waals surface area contributed by atoms with Crippen molar-refractivity contribution in [3.8, 4) is 0 Å². The highest BCUT2D eigenvalue weighted by Crippen LogP contribution is 2.12. The molecule has 0 aromatic heterocycles. The maximum atomic E-state index is 10.8. The lowest BCUT2D eigenvalue weighted by atomic mass is 10.1. The molecule has 0 radical (unpaired) electrons. The van der Waals surface area contributed by atoms with Gasteiger partial charge in [-0.25, -0.2) is 4.85 Å². The fourth-order valence-electron chi connectivity index (χ4n) is 0.805. The van der Waals surface area contributed by atoms with Gasteiger partial charge in [0.15, 0.2) is 5.69 Å². The van der Waals surface area contributed by atoms with Gasteiger partial charge in [0.25, 0.3) is 0 Å². The number of rotatable bonds is 2. The van der Waals surface area contributed by atoms with E-state index in [-0.39, 0.29) is 5.56 Å². The summed E-state index contributed by atoms with van der Waals surface area (Å²) in [5.74, 6) is -2.81. The van der Waals surface area contributed by atoms with Crippen molar-refractivity contribution in [2.45, 2.75) is 0 Å². The van der Waals surface area contributed by atoms with Gasteiger partial charge in [-0.2, -0.15) is 0 Å². The highest BCUT2D eigenvalue weighted by molar-refractivity contribution is 6.38. The second kappa shape index (κ2) is 3.50. The fourth-order valence-corrected chi connectivity index (χ4v) is 0.805. The van der Waals surface area contributed by atoms with E-state index < -0.39 is 11.8 Å². The van der Waals surface area contributed by atoms with Crippen LogP contribution in [-0.4, -0.2) is 11.8 Å². The van der Waals surface area contributed by atoms with Gasteiger partial charge in [-0.15, -0.1) is 0 Å². The molecule has 0 atom stereocenters. The second-order valence-corrected chi connectivity index (χ2v) is 2.28. The van der Waals surface area contributed by atoms with Crippen LogP contribution in [0, 0.1) is 6.57 Å². The predicted molar refractivity (Wildman–Crippen MR) is 42.0 cm³/mol. The Morgan fingerprint density at radius 3 is 2.15 bits per heavy atom. The van der Waals surface area contributed by atoms with E-state index in [4.69, 9.17) is 6.57 Å². The molecular weight excluding hydrogens is 170 g/mol.